The lowest BCUT2D eigenvalue weighted by atomic mass is 9.90. The Balaban J connectivity index is 2.14. The first kappa shape index (κ1) is 16.0. The zero-order valence-electron chi connectivity index (χ0n) is 12.4. The third kappa shape index (κ3) is 4.27. The highest BCUT2D eigenvalue weighted by molar-refractivity contribution is 6.33. The van der Waals surface area contributed by atoms with E-state index in [1.165, 1.54) is 32.1 Å². The molecule has 0 amide bonds. The van der Waals surface area contributed by atoms with Crippen LogP contribution in [0.5, 0.6) is 5.75 Å². The van der Waals surface area contributed by atoms with Crippen molar-refractivity contribution in [1.82, 2.24) is 0 Å². The van der Waals surface area contributed by atoms with Gasteiger partial charge in [-0.3, -0.25) is 0 Å². The van der Waals surface area contributed by atoms with Crippen molar-refractivity contribution in [3.8, 4) is 5.75 Å². The van der Waals surface area contributed by atoms with Gasteiger partial charge in [0, 0.05) is 5.69 Å². The van der Waals surface area contributed by atoms with E-state index >= 15 is 0 Å². The number of carbonyl (C=O) groups excluding carboxylic acids is 1. The second-order valence-electron chi connectivity index (χ2n) is 5.41. The van der Waals surface area contributed by atoms with Crippen LogP contribution in [0.25, 0.3) is 0 Å². The molecule has 1 fully saturated rings. The summed E-state index contributed by atoms with van der Waals surface area (Å²) in [5.41, 5.74) is 6.48. The molecule has 0 unspecified atom stereocenters. The summed E-state index contributed by atoms with van der Waals surface area (Å²) in [6.07, 6.45) is 6.12. The topological polar surface area (TPSA) is 61.5 Å². The number of rotatable bonds is 5. The molecule has 0 spiro atoms. The monoisotopic (exact) mass is 311 g/mol. The molecule has 0 aromatic heterocycles. The van der Waals surface area contributed by atoms with Gasteiger partial charge < -0.3 is 15.2 Å². The van der Waals surface area contributed by atoms with Crippen molar-refractivity contribution in [2.24, 2.45) is 5.92 Å². The molecule has 2 rings (SSSR count). The van der Waals surface area contributed by atoms with Crippen LogP contribution in [0.3, 0.4) is 0 Å². The molecule has 1 aliphatic carbocycles. The van der Waals surface area contributed by atoms with Crippen LogP contribution >= 0.6 is 11.6 Å². The molecule has 0 saturated heterocycles. The Morgan fingerprint density at radius 1 is 1.33 bits per heavy atom. The summed E-state index contributed by atoms with van der Waals surface area (Å²) in [5, 5.41) is 0.355. The SMILES string of the molecule is CCOC(=O)c1cc(N)cc(Cl)c1OCC1CCCCC1. The average molecular weight is 312 g/mol. The van der Waals surface area contributed by atoms with E-state index in [0.717, 1.165) is 0 Å². The lowest BCUT2D eigenvalue weighted by Gasteiger charge is -2.22. The standard InChI is InChI=1S/C16H22ClNO3/c1-2-20-16(19)13-8-12(18)9-14(17)15(13)21-10-11-6-4-3-5-7-11/h8-9,11H,2-7,10,18H2,1H3. The molecule has 0 heterocycles. The summed E-state index contributed by atoms with van der Waals surface area (Å²) in [5.74, 6) is 0.461. The van der Waals surface area contributed by atoms with Crippen molar-refractivity contribution in [3.63, 3.8) is 0 Å². The minimum absolute atomic E-state index is 0.299. The van der Waals surface area contributed by atoms with Crippen LogP contribution in [0, 0.1) is 5.92 Å². The van der Waals surface area contributed by atoms with Crippen molar-refractivity contribution < 1.29 is 14.3 Å². The Bertz CT molecular complexity index is 499. The molecule has 0 radical (unpaired) electrons. The number of carbonyl (C=O) groups is 1. The van der Waals surface area contributed by atoms with Crippen LogP contribution in [0.4, 0.5) is 5.69 Å². The molecule has 5 heteroatoms. The Morgan fingerprint density at radius 3 is 2.71 bits per heavy atom. The van der Waals surface area contributed by atoms with Gasteiger partial charge in [0.15, 0.2) is 5.75 Å². The smallest absolute Gasteiger partial charge is 0.342 e. The first-order valence-corrected chi connectivity index (χ1v) is 7.88. The molecular formula is C16H22ClNO3. The normalized spacial score (nSPS) is 15.7. The van der Waals surface area contributed by atoms with Gasteiger partial charge >= 0.3 is 5.97 Å². The number of hydrogen-bond donors (Lipinski definition) is 1. The molecular weight excluding hydrogens is 290 g/mol. The van der Waals surface area contributed by atoms with Gasteiger partial charge in [-0.2, -0.15) is 0 Å². The van der Waals surface area contributed by atoms with Gasteiger partial charge in [-0.1, -0.05) is 30.9 Å². The quantitative estimate of drug-likeness (QED) is 0.658. The molecule has 2 N–H and O–H groups in total. The molecule has 21 heavy (non-hydrogen) atoms. The van der Waals surface area contributed by atoms with Crippen molar-refractivity contribution in [3.05, 3.63) is 22.7 Å². The molecule has 0 atom stereocenters. The molecule has 1 saturated carbocycles. The van der Waals surface area contributed by atoms with E-state index in [-0.39, 0.29) is 0 Å². The number of nitrogens with two attached hydrogens (primary N) is 1. The van der Waals surface area contributed by atoms with Crippen LogP contribution in [0.1, 0.15) is 49.4 Å². The molecule has 0 bridgehead atoms. The first-order chi connectivity index (χ1) is 10.1. The van der Waals surface area contributed by atoms with E-state index in [9.17, 15) is 4.79 Å². The summed E-state index contributed by atoms with van der Waals surface area (Å²) in [6.45, 7) is 2.64. The highest BCUT2D eigenvalue weighted by Gasteiger charge is 2.20. The lowest BCUT2D eigenvalue weighted by molar-refractivity contribution is 0.0520. The number of esters is 1. The summed E-state index contributed by atoms with van der Waals surface area (Å²) >= 11 is 6.18. The predicted molar refractivity (Wildman–Crippen MR) is 83.9 cm³/mol. The van der Waals surface area contributed by atoms with Crippen molar-refractivity contribution >= 4 is 23.3 Å². The van der Waals surface area contributed by atoms with E-state index in [2.05, 4.69) is 0 Å². The van der Waals surface area contributed by atoms with Gasteiger partial charge in [-0.05, 0) is 37.8 Å². The van der Waals surface area contributed by atoms with E-state index in [4.69, 9.17) is 26.8 Å². The minimum atomic E-state index is -0.453. The third-order valence-electron chi connectivity index (χ3n) is 3.75. The van der Waals surface area contributed by atoms with Crippen molar-refractivity contribution in [1.29, 1.82) is 0 Å². The molecule has 4 nitrogen and oxygen atoms in total. The van der Waals surface area contributed by atoms with Gasteiger partial charge in [0.25, 0.3) is 0 Å². The van der Waals surface area contributed by atoms with Gasteiger partial charge in [-0.25, -0.2) is 4.79 Å². The van der Waals surface area contributed by atoms with E-state index in [1.807, 2.05) is 0 Å². The molecule has 116 valence electrons. The summed E-state index contributed by atoms with van der Waals surface area (Å²) in [6, 6.07) is 3.15. The van der Waals surface area contributed by atoms with Crippen molar-refractivity contribution in [2.45, 2.75) is 39.0 Å². The van der Waals surface area contributed by atoms with E-state index in [0.29, 0.717) is 41.2 Å². The minimum Gasteiger partial charge on any atom is -0.491 e. The fourth-order valence-corrected chi connectivity index (χ4v) is 2.96. The summed E-state index contributed by atoms with van der Waals surface area (Å²) in [4.78, 5) is 12.0. The molecule has 1 aliphatic rings. The van der Waals surface area contributed by atoms with Crippen LogP contribution in [0.15, 0.2) is 12.1 Å². The number of benzene rings is 1. The fraction of sp³-hybridized carbons (Fsp3) is 0.562. The highest BCUT2D eigenvalue weighted by atomic mass is 35.5. The average Bonchev–Trinajstić information content (AvgIpc) is 2.47. The fourth-order valence-electron chi connectivity index (χ4n) is 2.68. The number of halogens is 1. The Labute approximate surface area is 130 Å². The Hall–Kier alpha value is -1.42. The molecule has 1 aromatic carbocycles. The van der Waals surface area contributed by atoms with Gasteiger partial charge in [0.05, 0.1) is 18.2 Å². The number of hydrogen-bond acceptors (Lipinski definition) is 4. The van der Waals surface area contributed by atoms with Crippen LogP contribution < -0.4 is 10.5 Å². The second-order valence-corrected chi connectivity index (χ2v) is 5.82. The predicted octanol–water partition coefficient (Wildman–Crippen LogP) is 4.06. The zero-order valence-corrected chi connectivity index (χ0v) is 13.1. The largest absolute Gasteiger partial charge is 0.491 e. The highest BCUT2D eigenvalue weighted by Crippen LogP contribution is 2.33. The lowest BCUT2D eigenvalue weighted by Crippen LogP contribution is -2.17. The van der Waals surface area contributed by atoms with Crippen LogP contribution in [-0.2, 0) is 4.74 Å². The number of nitrogen functional groups attached to an aromatic ring is 1. The summed E-state index contributed by atoms with van der Waals surface area (Å²) < 4.78 is 10.9. The maximum atomic E-state index is 12.0. The van der Waals surface area contributed by atoms with Crippen LogP contribution in [0.2, 0.25) is 5.02 Å². The van der Waals surface area contributed by atoms with Crippen molar-refractivity contribution in [2.75, 3.05) is 18.9 Å². The zero-order chi connectivity index (χ0) is 15.2. The maximum Gasteiger partial charge on any atom is 0.342 e. The first-order valence-electron chi connectivity index (χ1n) is 7.50. The summed E-state index contributed by atoms with van der Waals surface area (Å²) in [7, 11) is 0. The van der Waals surface area contributed by atoms with E-state index in [1.54, 1.807) is 19.1 Å². The Kier molecular flexibility index (Phi) is 5.74. The number of anilines is 1. The Morgan fingerprint density at radius 2 is 2.05 bits per heavy atom. The van der Waals surface area contributed by atoms with Gasteiger partial charge in [0.2, 0.25) is 0 Å². The third-order valence-corrected chi connectivity index (χ3v) is 4.03. The van der Waals surface area contributed by atoms with Gasteiger partial charge in [0.1, 0.15) is 5.56 Å². The van der Waals surface area contributed by atoms with E-state index < -0.39 is 5.97 Å². The molecule has 0 aliphatic heterocycles. The number of ether oxygens (including phenoxy) is 2. The van der Waals surface area contributed by atoms with Crippen LogP contribution in [-0.4, -0.2) is 19.2 Å². The maximum absolute atomic E-state index is 12.0. The molecule has 1 aromatic rings. The second kappa shape index (κ2) is 7.55. The van der Waals surface area contributed by atoms with Gasteiger partial charge in [-0.15, -0.1) is 0 Å².